The molecular formula is C21H21BrN2O. The smallest absolute Gasteiger partial charge is 0.124 e. The minimum absolute atomic E-state index is 0.558. The molecule has 0 aliphatic heterocycles. The van der Waals surface area contributed by atoms with E-state index in [1.807, 2.05) is 42.5 Å². The molecule has 128 valence electrons. The van der Waals surface area contributed by atoms with E-state index in [1.54, 1.807) is 0 Å². The van der Waals surface area contributed by atoms with Crippen LogP contribution in [0.15, 0.2) is 77.3 Å². The highest BCUT2D eigenvalue weighted by Gasteiger charge is 2.05. The summed E-state index contributed by atoms with van der Waals surface area (Å²) in [5, 5.41) is 0. The second kappa shape index (κ2) is 8.70. The van der Waals surface area contributed by atoms with Crippen molar-refractivity contribution in [3.05, 3.63) is 94.0 Å². The first kappa shape index (κ1) is 17.5. The number of rotatable bonds is 7. The highest BCUT2D eigenvalue weighted by molar-refractivity contribution is 9.10. The third-order valence-electron chi connectivity index (χ3n) is 3.78. The second-order valence-corrected chi connectivity index (χ2v) is 6.79. The standard InChI is InChI=1S/C21H21BrN2O/c1-16-6-5-7-17(12-16)15-25-21-11-10-19(22)13-18(21)14-23-24-20-8-3-2-4-9-20/h2-13,23-24H,14-15H2,1H3. The van der Waals surface area contributed by atoms with Gasteiger partial charge in [0.25, 0.3) is 0 Å². The molecule has 3 aromatic carbocycles. The molecule has 4 heteroatoms. The molecule has 0 aliphatic carbocycles. The summed E-state index contributed by atoms with van der Waals surface area (Å²) in [4.78, 5) is 0. The van der Waals surface area contributed by atoms with E-state index in [9.17, 15) is 0 Å². The lowest BCUT2D eigenvalue weighted by molar-refractivity contribution is 0.302. The van der Waals surface area contributed by atoms with E-state index in [2.05, 4.69) is 64.0 Å². The first-order chi connectivity index (χ1) is 12.2. The summed E-state index contributed by atoms with van der Waals surface area (Å²) in [6.45, 7) is 3.30. The van der Waals surface area contributed by atoms with Crippen molar-refractivity contribution in [3.63, 3.8) is 0 Å². The number of nitrogens with one attached hydrogen (secondary N) is 2. The molecule has 3 nitrogen and oxygen atoms in total. The number of hydrazine groups is 1. The summed E-state index contributed by atoms with van der Waals surface area (Å²) in [7, 11) is 0. The van der Waals surface area contributed by atoms with Crippen LogP contribution in [0.2, 0.25) is 0 Å². The Morgan fingerprint density at radius 2 is 1.76 bits per heavy atom. The molecular weight excluding hydrogens is 376 g/mol. The van der Waals surface area contributed by atoms with Gasteiger partial charge in [0.2, 0.25) is 0 Å². The number of ether oxygens (including phenoxy) is 1. The number of hydrogen-bond acceptors (Lipinski definition) is 3. The lowest BCUT2D eigenvalue weighted by Crippen LogP contribution is -2.21. The topological polar surface area (TPSA) is 33.3 Å². The molecule has 0 atom stereocenters. The van der Waals surface area contributed by atoms with Crippen LogP contribution >= 0.6 is 15.9 Å². The van der Waals surface area contributed by atoms with Gasteiger partial charge in [-0.05, 0) is 42.8 Å². The van der Waals surface area contributed by atoms with E-state index in [1.165, 1.54) is 11.1 Å². The van der Waals surface area contributed by atoms with Gasteiger partial charge in [-0.25, -0.2) is 5.43 Å². The number of halogens is 1. The summed E-state index contributed by atoms with van der Waals surface area (Å²) in [5.74, 6) is 0.882. The fourth-order valence-corrected chi connectivity index (χ4v) is 2.96. The lowest BCUT2D eigenvalue weighted by Gasteiger charge is -2.14. The fourth-order valence-electron chi connectivity index (χ4n) is 2.55. The number of para-hydroxylation sites is 1. The zero-order valence-electron chi connectivity index (χ0n) is 14.1. The van der Waals surface area contributed by atoms with Gasteiger partial charge in [0.15, 0.2) is 0 Å². The quantitative estimate of drug-likeness (QED) is 0.520. The molecule has 0 spiro atoms. The fraction of sp³-hybridized carbons (Fsp3) is 0.143. The number of aryl methyl sites for hydroxylation is 1. The van der Waals surface area contributed by atoms with E-state index in [-0.39, 0.29) is 0 Å². The molecule has 0 fully saturated rings. The summed E-state index contributed by atoms with van der Waals surface area (Å²) in [6.07, 6.45) is 0. The summed E-state index contributed by atoms with van der Waals surface area (Å²) in [5.41, 5.74) is 11.0. The highest BCUT2D eigenvalue weighted by Crippen LogP contribution is 2.24. The van der Waals surface area contributed by atoms with Gasteiger partial charge in [0, 0.05) is 22.3 Å². The van der Waals surface area contributed by atoms with E-state index in [0.717, 1.165) is 21.5 Å². The Kier molecular flexibility index (Phi) is 6.09. The van der Waals surface area contributed by atoms with Crippen LogP contribution in [0.3, 0.4) is 0 Å². The molecule has 0 radical (unpaired) electrons. The zero-order valence-corrected chi connectivity index (χ0v) is 15.7. The first-order valence-corrected chi connectivity index (χ1v) is 9.01. The zero-order chi connectivity index (χ0) is 17.5. The number of anilines is 1. The van der Waals surface area contributed by atoms with Gasteiger partial charge in [-0.1, -0.05) is 64.0 Å². The minimum atomic E-state index is 0.558. The van der Waals surface area contributed by atoms with Crippen molar-refractivity contribution < 1.29 is 4.74 Å². The van der Waals surface area contributed by atoms with Gasteiger partial charge in [-0.15, -0.1) is 0 Å². The van der Waals surface area contributed by atoms with Crippen molar-refractivity contribution >= 4 is 21.6 Å². The van der Waals surface area contributed by atoms with Crippen LogP contribution < -0.4 is 15.6 Å². The number of benzene rings is 3. The Labute approximate surface area is 157 Å². The SMILES string of the molecule is Cc1cccc(COc2ccc(Br)cc2CNNc2ccccc2)c1. The summed E-state index contributed by atoms with van der Waals surface area (Å²) in [6, 6.07) is 24.5. The van der Waals surface area contributed by atoms with Crippen LogP contribution in [-0.4, -0.2) is 0 Å². The second-order valence-electron chi connectivity index (χ2n) is 5.87. The van der Waals surface area contributed by atoms with Gasteiger partial charge in [0.05, 0.1) is 0 Å². The van der Waals surface area contributed by atoms with Crippen LogP contribution in [-0.2, 0) is 13.2 Å². The largest absolute Gasteiger partial charge is 0.489 e. The average Bonchev–Trinajstić information content (AvgIpc) is 2.62. The van der Waals surface area contributed by atoms with Crippen molar-refractivity contribution in [2.75, 3.05) is 5.43 Å². The predicted molar refractivity (Wildman–Crippen MR) is 107 cm³/mol. The molecule has 0 aliphatic rings. The van der Waals surface area contributed by atoms with Crippen molar-refractivity contribution in [3.8, 4) is 5.75 Å². The molecule has 0 saturated carbocycles. The van der Waals surface area contributed by atoms with Gasteiger partial charge in [-0.3, -0.25) is 0 Å². The van der Waals surface area contributed by atoms with Gasteiger partial charge in [0.1, 0.15) is 12.4 Å². The molecule has 0 saturated heterocycles. The Balaban J connectivity index is 1.63. The van der Waals surface area contributed by atoms with Crippen LogP contribution in [0.5, 0.6) is 5.75 Å². The Bertz CT molecular complexity index is 821. The normalized spacial score (nSPS) is 10.5. The van der Waals surface area contributed by atoms with Gasteiger partial charge >= 0.3 is 0 Å². The van der Waals surface area contributed by atoms with E-state index in [0.29, 0.717) is 13.2 Å². The maximum atomic E-state index is 6.05. The van der Waals surface area contributed by atoms with Crippen molar-refractivity contribution in [2.24, 2.45) is 0 Å². The van der Waals surface area contributed by atoms with Crippen LogP contribution in [0, 0.1) is 6.92 Å². The first-order valence-electron chi connectivity index (χ1n) is 8.21. The number of hydrogen-bond donors (Lipinski definition) is 2. The van der Waals surface area contributed by atoms with E-state index in [4.69, 9.17) is 4.74 Å². The van der Waals surface area contributed by atoms with Crippen molar-refractivity contribution in [1.82, 2.24) is 5.43 Å². The molecule has 2 N–H and O–H groups in total. The van der Waals surface area contributed by atoms with Crippen LogP contribution in [0.4, 0.5) is 5.69 Å². The minimum Gasteiger partial charge on any atom is -0.489 e. The average molecular weight is 397 g/mol. The van der Waals surface area contributed by atoms with E-state index < -0.39 is 0 Å². The summed E-state index contributed by atoms with van der Waals surface area (Å²) >= 11 is 3.53. The van der Waals surface area contributed by atoms with E-state index >= 15 is 0 Å². The van der Waals surface area contributed by atoms with Crippen LogP contribution in [0.25, 0.3) is 0 Å². The Morgan fingerprint density at radius 3 is 2.56 bits per heavy atom. The summed E-state index contributed by atoms with van der Waals surface area (Å²) < 4.78 is 7.08. The molecule has 25 heavy (non-hydrogen) atoms. The Morgan fingerprint density at radius 1 is 0.920 bits per heavy atom. The highest BCUT2D eigenvalue weighted by atomic mass is 79.9. The molecule has 3 aromatic rings. The third kappa shape index (κ3) is 5.34. The Hall–Kier alpha value is -2.30. The van der Waals surface area contributed by atoms with Crippen molar-refractivity contribution in [1.29, 1.82) is 0 Å². The van der Waals surface area contributed by atoms with Gasteiger partial charge < -0.3 is 10.2 Å². The molecule has 0 bridgehead atoms. The maximum absolute atomic E-state index is 6.05. The lowest BCUT2D eigenvalue weighted by atomic mass is 10.1. The monoisotopic (exact) mass is 396 g/mol. The van der Waals surface area contributed by atoms with Gasteiger partial charge in [-0.2, -0.15) is 0 Å². The molecule has 0 unspecified atom stereocenters. The predicted octanol–water partition coefficient (Wildman–Crippen LogP) is 5.45. The molecule has 3 rings (SSSR count). The van der Waals surface area contributed by atoms with Crippen LogP contribution in [0.1, 0.15) is 16.7 Å². The molecule has 0 amide bonds. The molecule has 0 aromatic heterocycles. The third-order valence-corrected chi connectivity index (χ3v) is 4.28. The molecule has 0 heterocycles. The maximum Gasteiger partial charge on any atom is 0.124 e. The van der Waals surface area contributed by atoms with Crippen molar-refractivity contribution in [2.45, 2.75) is 20.1 Å².